The molecule has 0 spiro atoms. The summed E-state index contributed by atoms with van der Waals surface area (Å²) < 4.78 is 5.94. The molecule has 0 saturated carbocycles. The number of halogens is 2. The predicted molar refractivity (Wildman–Crippen MR) is 97.4 cm³/mol. The van der Waals surface area contributed by atoms with E-state index in [4.69, 9.17) is 27.9 Å². The van der Waals surface area contributed by atoms with Crippen LogP contribution in [-0.2, 0) is 11.3 Å². The quantitative estimate of drug-likeness (QED) is 0.563. The van der Waals surface area contributed by atoms with Gasteiger partial charge in [0.05, 0.1) is 27.7 Å². The predicted octanol–water partition coefficient (Wildman–Crippen LogP) is 4.48. The zero-order valence-corrected chi connectivity index (χ0v) is 14.9. The Labute approximate surface area is 155 Å². The van der Waals surface area contributed by atoms with Crippen molar-refractivity contribution in [1.82, 2.24) is 4.98 Å². The largest absolute Gasteiger partial charge is 0.373 e. The van der Waals surface area contributed by atoms with E-state index in [9.17, 15) is 10.1 Å². The summed E-state index contributed by atoms with van der Waals surface area (Å²) >= 11 is 11.9. The number of aromatic nitrogens is 1. The van der Waals surface area contributed by atoms with Crippen molar-refractivity contribution in [2.24, 2.45) is 0 Å². The summed E-state index contributed by atoms with van der Waals surface area (Å²) in [7, 11) is 0. The molecular weight excluding hydrogens is 365 g/mol. The average molecular weight is 382 g/mol. The summed E-state index contributed by atoms with van der Waals surface area (Å²) in [5, 5.41) is 12.2. The zero-order valence-electron chi connectivity index (χ0n) is 13.4. The van der Waals surface area contributed by atoms with Crippen LogP contribution in [0.3, 0.4) is 0 Å². The number of nitro groups is 1. The van der Waals surface area contributed by atoms with Crippen LogP contribution in [0.4, 0.5) is 11.5 Å². The number of piperidine rings is 1. The van der Waals surface area contributed by atoms with Crippen molar-refractivity contribution in [2.45, 2.75) is 25.6 Å². The lowest BCUT2D eigenvalue weighted by Crippen LogP contribution is -2.37. The summed E-state index contributed by atoms with van der Waals surface area (Å²) in [5.41, 5.74) is 1.01. The molecule has 25 heavy (non-hydrogen) atoms. The lowest BCUT2D eigenvalue weighted by Gasteiger charge is -2.32. The number of hydrogen-bond donors (Lipinski definition) is 0. The van der Waals surface area contributed by atoms with Crippen LogP contribution in [0.15, 0.2) is 36.5 Å². The van der Waals surface area contributed by atoms with Crippen LogP contribution in [0.5, 0.6) is 0 Å². The van der Waals surface area contributed by atoms with Gasteiger partial charge in [0.25, 0.3) is 0 Å². The number of ether oxygens (including phenoxy) is 1. The number of hydrogen-bond acceptors (Lipinski definition) is 5. The van der Waals surface area contributed by atoms with Crippen molar-refractivity contribution < 1.29 is 9.66 Å². The number of benzene rings is 1. The molecule has 6 nitrogen and oxygen atoms in total. The molecule has 0 radical (unpaired) electrons. The van der Waals surface area contributed by atoms with Crippen molar-refractivity contribution in [1.29, 1.82) is 0 Å². The van der Waals surface area contributed by atoms with E-state index in [-0.39, 0.29) is 11.8 Å². The van der Waals surface area contributed by atoms with Crippen LogP contribution in [0.1, 0.15) is 18.4 Å². The second-order valence-corrected chi connectivity index (χ2v) is 6.66. The Morgan fingerprint density at radius 1 is 1.24 bits per heavy atom. The molecular formula is C17H17Cl2N3O3. The molecule has 0 atom stereocenters. The molecule has 1 aromatic carbocycles. The molecule has 2 aromatic rings. The fraction of sp³-hybridized carbons (Fsp3) is 0.353. The second kappa shape index (κ2) is 7.99. The van der Waals surface area contributed by atoms with E-state index in [0.29, 0.717) is 35.6 Å². The Balaban J connectivity index is 1.55. The minimum Gasteiger partial charge on any atom is -0.373 e. The molecule has 2 heterocycles. The highest BCUT2D eigenvalue weighted by molar-refractivity contribution is 6.42. The summed E-state index contributed by atoms with van der Waals surface area (Å²) in [6.45, 7) is 1.80. The van der Waals surface area contributed by atoms with Crippen molar-refractivity contribution in [2.75, 3.05) is 18.0 Å². The van der Waals surface area contributed by atoms with Gasteiger partial charge >= 0.3 is 5.69 Å². The highest BCUT2D eigenvalue weighted by atomic mass is 35.5. The molecule has 132 valence electrons. The summed E-state index contributed by atoms with van der Waals surface area (Å²) in [5.74, 6) is 0.426. The van der Waals surface area contributed by atoms with Gasteiger partial charge in [0.2, 0.25) is 5.82 Å². The highest BCUT2D eigenvalue weighted by Crippen LogP contribution is 2.28. The van der Waals surface area contributed by atoms with Crippen LogP contribution in [-0.4, -0.2) is 29.1 Å². The van der Waals surface area contributed by atoms with Gasteiger partial charge < -0.3 is 9.64 Å². The first-order valence-corrected chi connectivity index (χ1v) is 8.70. The standard InChI is InChI=1S/C17H17Cl2N3O3/c18-14-4-3-12(10-15(14)19)11-25-13-5-8-21(9-6-13)17-16(22(23)24)2-1-7-20-17/h1-4,7,10,13H,5-6,8-9,11H2. The fourth-order valence-corrected chi connectivity index (χ4v) is 3.17. The van der Waals surface area contributed by atoms with E-state index in [0.717, 1.165) is 18.4 Å². The molecule has 1 aliphatic rings. The maximum absolute atomic E-state index is 11.1. The molecule has 1 aromatic heterocycles. The number of anilines is 1. The number of pyridine rings is 1. The summed E-state index contributed by atoms with van der Waals surface area (Å²) in [6.07, 6.45) is 3.26. The molecule has 3 rings (SSSR count). The lowest BCUT2D eigenvalue weighted by atomic mass is 10.1. The van der Waals surface area contributed by atoms with E-state index < -0.39 is 4.92 Å². The third kappa shape index (κ3) is 4.39. The van der Waals surface area contributed by atoms with E-state index in [1.807, 2.05) is 11.0 Å². The van der Waals surface area contributed by atoms with Crippen LogP contribution < -0.4 is 4.90 Å². The summed E-state index contributed by atoms with van der Waals surface area (Å²) in [6, 6.07) is 8.51. The van der Waals surface area contributed by atoms with Gasteiger partial charge in [-0.2, -0.15) is 0 Å². The Kier molecular flexibility index (Phi) is 5.73. The molecule has 0 amide bonds. The third-order valence-corrected chi connectivity index (χ3v) is 4.91. The molecule has 0 unspecified atom stereocenters. The maximum Gasteiger partial charge on any atom is 0.311 e. The topological polar surface area (TPSA) is 68.5 Å². The lowest BCUT2D eigenvalue weighted by molar-refractivity contribution is -0.384. The first kappa shape index (κ1) is 17.9. The number of nitrogens with zero attached hydrogens (tertiary/aromatic N) is 3. The van der Waals surface area contributed by atoms with Gasteiger partial charge in [0.15, 0.2) is 0 Å². The normalized spacial score (nSPS) is 15.4. The minimum absolute atomic E-state index is 0.0395. The van der Waals surface area contributed by atoms with Crippen molar-refractivity contribution in [3.63, 3.8) is 0 Å². The first-order chi connectivity index (χ1) is 12.0. The average Bonchev–Trinajstić information content (AvgIpc) is 2.63. The van der Waals surface area contributed by atoms with E-state index in [2.05, 4.69) is 4.98 Å². The van der Waals surface area contributed by atoms with Crippen LogP contribution in [0, 0.1) is 10.1 Å². The smallest absolute Gasteiger partial charge is 0.311 e. The van der Waals surface area contributed by atoms with Gasteiger partial charge in [-0.05, 0) is 36.6 Å². The van der Waals surface area contributed by atoms with Gasteiger partial charge in [0.1, 0.15) is 0 Å². The van der Waals surface area contributed by atoms with Crippen LogP contribution >= 0.6 is 23.2 Å². The Bertz CT molecular complexity index is 765. The first-order valence-electron chi connectivity index (χ1n) is 7.94. The third-order valence-electron chi connectivity index (χ3n) is 4.17. The molecule has 1 saturated heterocycles. The van der Waals surface area contributed by atoms with Gasteiger partial charge in [-0.25, -0.2) is 4.98 Å². The van der Waals surface area contributed by atoms with Crippen LogP contribution in [0.2, 0.25) is 10.0 Å². The Hall–Kier alpha value is -1.89. The van der Waals surface area contributed by atoms with Crippen LogP contribution in [0.25, 0.3) is 0 Å². The molecule has 0 N–H and O–H groups in total. The molecule has 1 aliphatic heterocycles. The van der Waals surface area contributed by atoms with E-state index >= 15 is 0 Å². The minimum atomic E-state index is -0.394. The van der Waals surface area contributed by atoms with E-state index in [1.54, 1.807) is 24.4 Å². The van der Waals surface area contributed by atoms with Crippen molar-refractivity contribution >= 4 is 34.7 Å². The molecule has 0 aliphatic carbocycles. The molecule has 0 bridgehead atoms. The Morgan fingerprint density at radius 3 is 2.68 bits per heavy atom. The van der Waals surface area contributed by atoms with Gasteiger partial charge in [-0.15, -0.1) is 0 Å². The summed E-state index contributed by atoms with van der Waals surface area (Å²) in [4.78, 5) is 16.9. The highest BCUT2D eigenvalue weighted by Gasteiger charge is 2.26. The molecule has 1 fully saturated rings. The zero-order chi connectivity index (χ0) is 17.8. The van der Waals surface area contributed by atoms with Gasteiger partial charge in [-0.1, -0.05) is 29.3 Å². The van der Waals surface area contributed by atoms with Gasteiger partial charge in [-0.3, -0.25) is 10.1 Å². The van der Waals surface area contributed by atoms with E-state index in [1.165, 1.54) is 6.07 Å². The SMILES string of the molecule is O=[N+]([O-])c1cccnc1N1CCC(OCc2ccc(Cl)c(Cl)c2)CC1. The number of rotatable bonds is 5. The van der Waals surface area contributed by atoms with Crippen molar-refractivity contribution in [3.8, 4) is 0 Å². The van der Waals surface area contributed by atoms with Gasteiger partial charge in [0, 0.05) is 25.4 Å². The van der Waals surface area contributed by atoms with Crippen molar-refractivity contribution in [3.05, 3.63) is 62.3 Å². The monoisotopic (exact) mass is 381 g/mol. The molecule has 8 heteroatoms. The maximum atomic E-state index is 11.1. The fourth-order valence-electron chi connectivity index (χ4n) is 2.85. The Morgan fingerprint density at radius 2 is 2.00 bits per heavy atom. The second-order valence-electron chi connectivity index (χ2n) is 5.85.